The molecule has 140 valence electrons. The van der Waals surface area contributed by atoms with Crippen LogP contribution in [-0.4, -0.2) is 46.2 Å². The van der Waals surface area contributed by atoms with E-state index in [4.69, 9.17) is 0 Å². The Balaban J connectivity index is 1.49. The highest BCUT2D eigenvalue weighted by Gasteiger charge is 2.25. The van der Waals surface area contributed by atoms with Crippen LogP contribution in [0.2, 0.25) is 0 Å². The number of carbonyl (C=O) groups excluding carboxylic acids is 2. The smallest absolute Gasteiger partial charge is 0.255 e. The Morgan fingerprint density at radius 2 is 1.56 bits per heavy atom. The van der Waals surface area contributed by atoms with Crippen molar-refractivity contribution in [3.05, 3.63) is 65.0 Å². The fourth-order valence-electron chi connectivity index (χ4n) is 3.92. The van der Waals surface area contributed by atoms with E-state index in [1.807, 2.05) is 21.9 Å². The zero-order valence-corrected chi connectivity index (χ0v) is 15.7. The van der Waals surface area contributed by atoms with E-state index in [2.05, 4.69) is 24.0 Å². The molecule has 5 nitrogen and oxygen atoms in total. The first-order valence-electron chi connectivity index (χ1n) is 9.72. The minimum Gasteiger partial charge on any atom is -0.339 e. The monoisotopic (exact) mass is 363 g/mol. The van der Waals surface area contributed by atoms with Crippen LogP contribution in [0, 0.1) is 5.92 Å². The first-order valence-corrected chi connectivity index (χ1v) is 9.72. The van der Waals surface area contributed by atoms with E-state index in [-0.39, 0.29) is 11.8 Å². The van der Waals surface area contributed by atoms with Crippen molar-refractivity contribution in [2.75, 3.05) is 19.6 Å². The van der Waals surface area contributed by atoms with Crippen LogP contribution < -0.4 is 0 Å². The molecule has 2 aromatic rings. The molecule has 0 spiro atoms. The number of pyridine rings is 1. The van der Waals surface area contributed by atoms with Crippen LogP contribution in [0.3, 0.4) is 0 Å². The Bertz CT molecular complexity index is 856. The molecule has 0 unspecified atom stereocenters. The summed E-state index contributed by atoms with van der Waals surface area (Å²) in [5.74, 6) is 0.592. The molecule has 2 aliphatic rings. The fraction of sp³-hybridized carbons (Fsp3) is 0.409. The molecular formula is C22H25N3O2. The summed E-state index contributed by atoms with van der Waals surface area (Å²) in [4.78, 5) is 33.6. The zero-order valence-electron chi connectivity index (χ0n) is 15.7. The Kier molecular flexibility index (Phi) is 4.92. The van der Waals surface area contributed by atoms with Gasteiger partial charge in [0.2, 0.25) is 0 Å². The maximum atomic E-state index is 13.0. The summed E-state index contributed by atoms with van der Waals surface area (Å²) >= 11 is 0. The molecule has 3 heterocycles. The molecular weight excluding hydrogens is 338 g/mol. The summed E-state index contributed by atoms with van der Waals surface area (Å²) in [6, 6.07) is 9.95. The minimum absolute atomic E-state index is 0.0203. The van der Waals surface area contributed by atoms with Crippen molar-refractivity contribution >= 4 is 11.8 Å². The molecule has 27 heavy (non-hydrogen) atoms. The third kappa shape index (κ3) is 3.72. The second-order valence-electron chi connectivity index (χ2n) is 7.68. The highest BCUT2D eigenvalue weighted by Crippen LogP contribution is 2.21. The summed E-state index contributed by atoms with van der Waals surface area (Å²) in [5, 5.41) is 0. The molecule has 2 amide bonds. The van der Waals surface area contributed by atoms with Crippen molar-refractivity contribution in [3.63, 3.8) is 0 Å². The second-order valence-corrected chi connectivity index (χ2v) is 7.68. The van der Waals surface area contributed by atoms with Crippen LogP contribution in [0.5, 0.6) is 0 Å². The quantitative estimate of drug-likeness (QED) is 0.824. The number of amides is 2. The molecule has 1 aromatic carbocycles. The molecule has 0 aliphatic carbocycles. The SMILES string of the molecule is CC1CCN(C(=O)c2cncc(C(=O)N3CCc4ccccc4C3)c2)CC1. The van der Waals surface area contributed by atoms with E-state index in [1.54, 1.807) is 18.5 Å². The van der Waals surface area contributed by atoms with Gasteiger partial charge in [0.1, 0.15) is 0 Å². The molecule has 1 fully saturated rings. The van der Waals surface area contributed by atoms with E-state index < -0.39 is 0 Å². The van der Waals surface area contributed by atoms with Crippen LogP contribution in [0.15, 0.2) is 42.7 Å². The van der Waals surface area contributed by atoms with Gasteiger partial charge in [0.05, 0.1) is 11.1 Å². The largest absolute Gasteiger partial charge is 0.339 e. The third-order valence-corrected chi connectivity index (χ3v) is 5.72. The van der Waals surface area contributed by atoms with E-state index >= 15 is 0 Å². The first-order chi connectivity index (χ1) is 13.1. The molecule has 0 bridgehead atoms. The third-order valence-electron chi connectivity index (χ3n) is 5.72. The van der Waals surface area contributed by atoms with Crippen molar-refractivity contribution in [2.24, 2.45) is 5.92 Å². The van der Waals surface area contributed by atoms with Gasteiger partial charge in [-0.1, -0.05) is 31.2 Å². The number of hydrogen-bond donors (Lipinski definition) is 0. The zero-order chi connectivity index (χ0) is 18.8. The highest BCUT2D eigenvalue weighted by molar-refractivity contribution is 5.99. The summed E-state index contributed by atoms with van der Waals surface area (Å²) in [7, 11) is 0. The molecule has 0 saturated carbocycles. The lowest BCUT2D eigenvalue weighted by atomic mass is 9.98. The number of rotatable bonds is 2. The van der Waals surface area contributed by atoms with Crippen molar-refractivity contribution in [1.82, 2.24) is 14.8 Å². The molecule has 1 aromatic heterocycles. The van der Waals surface area contributed by atoms with Crippen molar-refractivity contribution in [1.29, 1.82) is 0 Å². The highest BCUT2D eigenvalue weighted by atomic mass is 16.2. The van der Waals surface area contributed by atoms with Crippen molar-refractivity contribution in [2.45, 2.75) is 32.7 Å². The van der Waals surface area contributed by atoms with E-state index in [0.717, 1.165) is 32.4 Å². The lowest BCUT2D eigenvalue weighted by molar-refractivity contribution is 0.0696. The van der Waals surface area contributed by atoms with Gasteiger partial charge in [0, 0.05) is 38.6 Å². The number of benzene rings is 1. The van der Waals surface area contributed by atoms with Crippen LogP contribution in [0.25, 0.3) is 0 Å². The standard InChI is InChI=1S/C22H25N3O2/c1-16-6-9-24(10-7-16)21(26)19-12-20(14-23-13-19)22(27)25-11-8-17-4-2-3-5-18(17)15-25/h2-5,12-14,16H,6-11,15H2,1H3. The first kappa shape index (κ1) is 17.7. The molecule has 0 N–H and O–H groups in total. The molecule has 0 radical (unpaired) electrons. The van der Waals surface area contributed by atoms with Gasteiger partial charge in [0.15, 0.2) is 0 Å². The van der Waals surface area contributed by atoms with Crippen LogP contribution in [0.1, 0.15) is 51.6 Å². The number of likely N-dealkylation sites (tertiary alicyclic amines) is 1. The lowest BCUT2D eigenvalue weighted by Gasteiger charge is -2.30. The average molecular weight is 363 g/mol. The van der Waals surface area contributed by atoms with Crippen LogP contribution >= 0.6 is 0 Å². The van der Waals surface area contributed by atoms with Gasteiger partial charge in [-0.3, -0.25) is 14.6 Å². The number of aromatic nitrogens is 1. The molecule has 2 aliphatic heterocycles. The number of piperidine rings is 1. The van der Waals surface area contributed by atoms with E-state index in [1.165, 1.54) is 11.1 Å². The summed E-state index contributed by atoms with van der Waals surface area (Å²) in [6.07, 6.45) is 6.07. The molecule has 4 rings (SSSR count). The topological polar surface area (TPSA) is 53.5 Å². The minimum atomic E-state index is -0.0566. The maximum Gasteiger partial charge on any atom is 0.255 e. The predicted octanol–water partition coefficient (Wildman–Crippen LogP) is 3.15. The maximum absolute atomic E-state index is 13.0. The fourth-order valence-corrected chi connectivity index (χ4v) is 3.92. The van der Waals surface area contributed by atoms with Gasteiger partial charge >= 0.3 is 0 Å². The Labute approximate surface area is 160 Å². The lowest BCUT2D eigenvalue weighted by Crippen LogP contribution is -2.38. The Morgan fingerprint density at radius 3 is 2.26 bits per heavy atom. The summed E-state index contributed by atoms with van der Waals surface area (Å²) < 4.78 is 0. The van der Waals surface area contributed by atoms with Gasteiger partial charge in [-0.05, 0) is 42.4 Å². The summed E-state index contributed by atoms with van der Waals surface area (Å²) in [5.41, 5.74) is 3.50. The molecule has 5 heteroatoms. The van der Waals surface area contributed by atoms with Gasteiger partial charge < -0.3 is 9.80 Å². The van der Waals surface area contributed by atoms with Crippen molar-refractivity contribution < 1.29 is 9.59 Å². The van der Waals surface area contributed by atoms with Crippen molar-refractivity contribution in [3.8, 4) is 0 Å². The second kappa shape index (κ2) is 7.51. The Morgan fingerprint density at radius 1 is 0.926 bits per heavy atom. The molecule has 1 saturated heterocycles. The Hall–Kier alpha value is -2.69. The van der Waals surface area contributed by atoms with Crippen LogP contribution in [0.4, 0.5) is 0 Å². The van der Waals surface area contributed by atoms with E-state index in [9.17, 15) is 9.59 Å². The number of fused-ring (bicyclic) bond motifs is 1. The normalized spacial score (nSPS) is 17.5. The number of hydrogen-bond acceptors (Lipinski definition) is 3. The van der Waals surface area contributed by atoms with Crippen LogP contribution in [-0.2, 0) is 13.0 Å². The van der Waals surface area contributed by atoms with Gasteiger partial charge in [-0.25, -0.2) is 0 Å². The number of nitrogens with zero attached hydrogens (tertiary/aromatic N) is 3. The van der Waals surface area contributed by atoms with Gasteiger partial charge in [-0.15, -0.1) is 0 Å². The van der Waals surface area contributed by atoms with E-state index in [0.29, 0.717) is 30.1 Å². The predicted molar refractivity (Wildman–Crippen MR) is 103 cm³/mol. The summed E-state index contributed by atoms with van der Waals surface area (Å²) in [6.45, 7) is 5.08. The molecule has 0 atom stereocenters. The van der Waals surface area contributed by atoms with Gasteiger partial charge in [0.25, 0.3) is 11.8 Å². The number of carbonyl (C=O) groups is 2. The average Bonchev–Trinajstić information content (AvgIpc) is 2.73. The van der Waals surface area contributed by atoms with Gasteiger partial charge in [-0.2, -0.15) is 0 Å².